The van der Waals surface area contributed by atoms with Crippen LogP contribution in [0.4, 0.5) is 5.69 Å². The van der Waals surface area contributed by atoms with E-state index in [0.717, 1.165) is 55.1 Å². The molecule has 0 aliphatic carbocycles. The second-order valence-corrected chi connectivity index (χ2v) is 5.87. The molecular weight excluding hydrogens is 290 g/mol. The summed E-state index contributed by atoms with van der Waals surface area (Å²) < 4.78 is 1.78. The Morgan fingerprint density at radius 2 is 2.13 bits per heavy atom. The van der Waals surface area contributed by atoms with Crippen LogP contribution in [0.3, 0.4) is 0 Å². The summed E-state index contributed by atoms with van der Waals surface area (Å²) in [6.45, 7) is 4.10. The minimum absolute atomic E-state index is 0.510. The number of fused-ring (bicyclic) bond motifs is 1. The van der Waals surface area contributed by atoms with Gasteiger partial charge < -0.3 is 4.90 Å². The topological polar surface area (TPSA) is 72.1 Å². The molecule has 7 nitrogen and oxygen atoms in total. The van der Waals surface area contributed by atoms with Crippen molar-refractivity contribution in [2.75, 3.05) is 18.0 Å². The van der Waals surface area contributed by atoms with Crippen LogP contribution in [0.1, 0.15) is 37.1 Å². The highest BCUT2D eigenvalue weighted by atomic mass is 15.4. The van der Waals surface area contributed by atoms with Crippen LogP contribution in [-0.2, 0) is 6.42 Å². The van der Waals surface area contributed by atoms with E-state index in [2.05, 4.69) is 43.2 Å². The molecule has 1 aliphatic rings. The Labute approximate surface area is 134 Å². The van der Waals surface area contributed by atoms with Crippen LogP contribution >= 0.6 is 0 Å². The minimum Gasteiger partial charge on any atom is -0.368 e. The molecule has 4 rings (SSSR count). The number of aryl methyl sites for hydroxylation is 1. The number of piperidine rings is 1. The predicted molar refractivity (Wildman–Crippen MR) is 86.4 cm³/mol. The molecule has 0 spiro atoms. The van der Waals surface area contributed by atoms with Crippen LogP contribution in [0, 0.1) is 0 Å². The van der Waals surface area contributed by atoms with Gasteiger partial charge in [0.05, 0.1) is 11.4 Å². The molecule has 0 radical (unpaired) electrons. The van der Waals surface area contributed by atoms with Crippen molar-refractivity contribution in [3.05, 3.63) is 42.4 Å². The zero-order valence-corrected chi connectivity index (χ0v) is 13.1. The van der Waals surface area contributed by atoms with Gasteiger partial charge in [-0.15, -0.1) is 10.2 Å². The predicted octanol–water partition coefficient (Wildman–Crippen LogP) is 1.86. The molecule has 1 fully saturated rings. The first-order valence-corrected chi connectivity index (χ1v) is 8.06. The fourth-order valence-corrected chi connectivity index (χ4v) is 3.23. The molecule has 0 aromatic carbocycles. The number of anilines is 1. The molecule has 3 aromatic heterocycles. The highest BCUT2D eigenvalue weighted by Crippen LogP contribution is 2.30. The highest BCUT2D eigenvalue weighted by Gasteiger charge is 2.24. The van der Waals surface area contributed by atoms with Crippen LogP contribution < -0.4 is 4.90 Å². The van der Waals surface area contributed by atoms with Crippen molar-refractivity contribution < 1.29 is 0 Å². The van der Waals surface area contributed by atoms with E-state index in [9.17, 15) is 0 Å². The van der Waals surface area contributed by atoms with E-state index >= 15 is 0 Å². The fraction of sp³-hybridized carbons (Fsp3) is 0.438. The second-order valence-electron chi connectivity index (χ2n) is 5.87. The summed E-state index contributed by atoms with van der Waals surface area (Å²) >= 11 is 0. The first-order chi connectivity index (χ1) is 11.3. The van der Waals surface area contributed by atoms with E-state index < -0.39 is 0 Å². The Balaban J connectivity index is 1.58. The maximum absolute atomic E-state index is 4.52. The average molecular weight is 309 g/mol. The van der Waals surface area contributed by atoms with Crippen molar-refractivity contribution in [3.8, 4) is 0 Å². The smallest absolute Gasteiger partial charge is 0.200 e. The number of hydrogen-bond donors (Lipinski definition) is 0. The Morgan fingerprint density at radius 1 is 1.26 bits per heavy atom. The summed E-state index contributed by atoms with van der Waals surface area (Å²) in [5.41, 5.74) is 4.18. The normalized spacial score (nSPS) is 16.1. The lowest BCUT2D eigenvalue weighted by atomic mass is 9.93. The van der Waals surface area contributed by atoms with Crippen molar-refractivity contribution in [2.45, 2.75) is 32.1 Å². The van der Waals surface area contributed by atoms with Gasteiger partial charge in [-0.25, -0.2) is 9.97 Å². The average Bonchev–Trinajstić information content (AvgIpc) is 3.10. The van der Waals surface area contributed by atoms with Gasteiger partial charge in [0.1, 0.15) is 12.7 Å². The van der Waals surface area contributed by atoms with Crippen LogP contribution in [0.25, 0.3) is 5.65 Å². The van der Waals surface area contributed by atoms with E-state index in [1.807, 2.05) is 12.3 Å². The van der Waals surface area contributed by atoms with E-state index in [1.54, 1.807) is 17.2 Å². The fourth-order valence-electron chi connectivity index (χ4n) is 3.23. The molecule has 1 saturated heterocycles. The van der Waals surface area contributed by atoms with Crippen molar-refractivity contribution >= 4 is 11.3 Å². The summed E-state index contributed by atoms with van der Waals surface area (Å²) in [4.78, 5) is 10.8. The molecule has 3 aromatic rings. The van der Waals surface area contributed by atoms with E-state index in [-0.39, 0.29) is 0 Å². The van der Waals surface area contributed by atoms with Gasteiger partial charge in [-0.1, -0.05) is 6.92 Å². The number of rotatable bonds is 3. The Bertz CT molecular complexity index is 791. The van der Waals surface area contributed by atoms with Crippen molar-refractivity contribution in [1.29, 1.82) is 0 Å². The Kier molecular flexibility index (Phi) is 3.61. The number of hydrogen-bond acceptors (Lipinski definition) is 6. The van der Waals surface area contributed by atoms with Gasteiger partial charge in [0.25, 0.3) is 0 Å². The van der Waals surface area contributed by atoms with Crippen LogP contribution in [0.15, 0.2) is 31.0 Å². The highest BCUT2D eigenvalue weighted by molar-refractivity contribution is 5.68. The van der Waals surface area contributed by atoms with E-state index in [0.29, 0.717) is 5.92 Å². The standard InChI is InChI=1S/C16H19N7/c1-2-13-9-15(16-20-19-11-23(16)21-13)22-7-4-12(5-8-22)14-3-6-17-10-18-14/h3,6,9-12H,2,4-5,7-8H2,1H3. The van der Waals surface area contributed by atoms with Gasteiger partial charge in [-0.3, -0.25) is 0 Å². The van der Waals surface area contributed by atoms with Gasteiger partial charge in [0, 0.05) is 30.9 Å². The maximum Gasteiger partial charge on any atom is 0.200 e. The van der Waals surface area contributed by atoms with Gasteiger partial charge in [0.15, 0.2) is 0 Å². The summed E-state index contributed by atoms with van der Waals surface area (Å²) in [5, 5.41) is 12.8. The number of aromatic nitrogens is 6. The molecule has 0 N–H and O–H groups in total. The third-order valence-corrected chi connectivity index (χ3v) is 4.52. The summed E-state index contributed by atoms with van der Waals surface area (Å²) in [7, 11) is 0. The molecule has 0 saturated carbocycles. The van der Waals surface area contributed by atoms with E-state index in [1.165, 1.54) is 0 Å². The first-order valence-electron chi connectivity index (χ1n) is 8.06. The molecule has 0 unspecified atom stereocenters. The lowest BCUT2D eigenvalue weighted by Crippen LogP contribution is -2.33. The lowest BCUT2D eigenvalue weighted by molar-refractivity contribution is 0.495. The second kappa shape index (κ2) is 5.91. The zero-order chi connectivity index (χ0) is 15.6. The van der Waals surface area contributed by atoms with Gasteiger partial charge >= 0.3 is 0 Å². The third-order valence-electron chi connectivity index (χ3n) is 4.52. The number of nitrogens with zero attached hydrogens (tertiary/aromatic N) is 7. The molecule has 0 bridgehead atoms. The third kappa shape index (κ3) is 2.62. The lowest BCUT2D eigenvalue weighted by Gasteiger charge is -2.33. The monoisotopic (exact) mass is 309 g/mol. The summed E-state index contributed by atoms with van der Waals surface area (Å²) in [6, 6.07) is 4.17. The van der Waals surface area contributed by atoms with Gasteiger partial charge in [-0.05, 0) is 31.4 Å². The van der Waals surface area contributed by atoms with Crippen LogP contribution in [0.2, 0.25) is 0 Å². The molecule has 4 heterocycles. The molecule has 0 atom stereocenters. The van der Waals surface area contributed by atoms with Crippen molar-refractivity contribution in [1.82, 2.24) is 29.8 Å². The van der Waals surface area contributed by atoms with Gasteiger partial charge in [-0.2, -0.15) is 9.61 Å². The van der Waals surface area contributed by atoms with E-state index in [4.69, 9.17) is 0 Å². The van der Waals surface area contributed by atoms with Crippen LogP contribution in [-0.4, -0.2) is 42.9 Å². The van der Waals surface area contributed by atoms with Crippen molar-refractivity contribution in [3.63, 3.8) is 0 Å². The largest absolute Gasteiger partial charge is 0.368 e. The maximum atomic E-state index is 4.52. The Morgan fingerprint density at radius 3 is 2.87 bits per heavy atom. The molecule has 1 aliphatic heterocycles. The van der Waals surface area contributed by atoms with Gasteiger partial charge in [0.2, 0.25) is 5.65 Å². The Hall–Kier alpha value is -2.57. The summed E-state index contributed by atoms with van der Waals surface area (Å²) in [5.74, 6) is 0.510. The minimum atomic E-state index is 0.510. The molecule has 118 valence electrons. The van der Waals surface area contributed by atoms with Crippen LogP contribution in [0.5, 0.6) is 0 Å². The first kappa shape index (κ1) is 14.0. The zero-order valence-electron chi connectivity index (χ0n) is 13.1. The molecule has 7 heteroatoms. The SMILES string of the molecule is CCc1cc(N2CCC(c3ccncn3)CC2)c2nncn2n1. The quantitative estimate of drug-likeness (QED) is 0.735. The molecular formula is C16H19N7. The summed E-state index contributed by atoms with van der Waals surface area (Å²) in [6.07, 6.45) is 8.20. The molecule has 0 amide bonds. The molecule has 23 heavy (non-hydrogen) atoms. The van der Waals surface area contributed by atoms with Crippen molar-refractivity contribution in [2.24, 2.45) is 0 Å².